The summed E-state index contributed by atoms with van der Waals surface area (Å²) in [5, 5.41) is 0. The molecule has 0 saturated carbocycles. The summed E-state index contributed by atoms with van der Waals surface area (Å²) >= 11 is 0. The molecular formula is C22H25N3. The quantitative estimate of drug-likeness (QED) is 0.497. The van der Waals surface area contributed by atoms with Crippen LogP contribution in [0.1, 0.15) is 23.6 Å². The van der Waals surface area contributed by atoms with E-state index in [1.807, 2.05) is 61.5 Å². The highest BCUT2D eigenvalue weighted by Gasteiger charge is 2.52. The molecule has 128 valence electrons. The molecule has 25 heavy (non-hydrogen) atoms. The van der Waals surface area contributed by atoms with E-state index in [4.69, 9.17) is 17.2 Å². The molecule has 1 atom stereocenters. The lowest BCUT2D eigenvalue weighted by atomic mass is 9.60. The van der Waals surface area contributed by atoms with E-state index in [0.717, 1.165) is 16.7 Å². The van der Waals surface area contributed by atoms with Gasteiger partial charge in [0.15, 0.2) is 0 Å². The van der Waals surface area contributed by atoms with Gasteiger partial charge in [0.2, 0.25) is 0 Å². The molecule has 0 aliphatic rings. The van der Waals surface area contributed by atoms with Crippen molar-refractivity contribution in [2.75, 3.05) is 0 Å². The van der Waals surface area contributed by atoms with E-state index in [-0.39, 0.29) is 0 Å². The van der Waals surface area contributed by atoms with Gasteiger partial charge in [-0.25, -0.2) is 0 Å². The van der Waals surface area contributed by atoms with E-state index in [1.54, 1.807) is 0 Å². The number of benzene rings is 3. The Bertz CT molecular complexity index is 700. The van der Waals surface area contributed by atoms with Crippen LogP contribution in [0.25, 0.3) is 0 Å². The Kier molecular flexibility index (Phi) is 4.73. The Morgan fingerprint density at radius 1 is 0.600 bits per heavy atom. The molecule has 0 heterocycles. The van der Waals surface area contributed by atoms with Crippen LogP contribution in [-0.4, -0.2) is 11.7 Å². The smallest absolute Gasteiger partial charge is 0.0972 e. The molecule has 0 fully saturated rings. The zero-order valence-electron chi connectivity index (χ0n) is 14.5. The molecule has 3 heteroatoms. The summed E-state index contributed by atoms with van der Waals surface area (Å²) in [5.41, 5.74) is 21.0. The van der Waals surface area contributed by atoms with Crippen LogP contribution in [0.3, 0.4) is 0 Å². The van der Waals surface area contributed by atoms with Gasteiger partial charge in [-0.2, -0.15) is 0 Å². The van der Waals surface area contributed by atoms with Crippen LogP contribution in [-0.2, 0) is 5.41 Å². The summed E-state index contributed by atoms with van der Waals surface area (Å²) in [7, 11) is 0. The molecule has 0 spiro atoms. The average Bonchev–Trinajstić information content (AvgIpc) is 2.65. The molecule has 0 aliphatic heterocycles. The van der Waals surface area contributed by atoms with Crippen LogP contribution < -0.4 is 17.2 Å². The molecule has 0 aliphatic carbocycles. The molecular weight excluding hydrogens is 306 g/mol. The van der Waals surface area contributed by atoms with Crippen molar-refractivity contribution in [1.29, 1.82) is 0 Å². The molecule has 3 rings (SSSR count). The van der Waals surface area contributed by atoms with Crippen molar-refractivity contribution in [3.63, 3.8) is 0 Å². The Labute approximate surface area is 149 Å². The highest BCUT2D eigenvalue weighted by Crippen LogP contribution is 2.45. The molecule has 1 unspecified atom stereocenters. The summed E-state index contributed by atoms with van der Waals surface area (Å²) in [6.07, 6.45) is 0. The van der Waals surface area contributed by atoms with Crippen molar-refractivity contribution in [3.8, 4) is 0 Å². The second-order valence-corrected chi connectivity index (χ2v) is 6.57. The van der Waals surface area contributed by atoms with Crippen molar-refractivity contribution >= 4 is 0 Å². The predicted molar refractivity (Wildman–Crippen MR) is 104 cm³/mol. The topological polar surface area (TPSA) is 78.1 Å². The normalized spacial score (nSPS) is 13.4. The van der Waals surface area contributed by atoms with Crippen molar-refractivity contribution in [2.24, 2.45) is 17.2 Å². The van der Waals surface area contributed by atoms with E-state index < -0.39 is 17.1 Å². The van der Waals surface area contributed by atoms with Crippen molar-refractivity contribution in [2.45, 2.75) is 24.0 Å². The third kappa shape index (κ3) is 2.76. The van der Waals surface area contributed by atoms with E-state index in [0.29, 0.717) is 0 Å². The fourth-order valence-corrected chi connectivity index (χ4v) is 3.66. The van der Waals surface area contributed by atoms with Gasteiger partial charge in [-0.1, -0.05) is 91.0 Å². The SMILES string of the molecule is CC(N)C(N)(N)C(c1ccccc1)(c1ccccc1)c1ccccc1. The van der Waals surface area contributed by atoms with Gasteiger partial charge in [0.05, 0.1) is 11.1 Å². The molecule has 3 nitrogen and oxygen atoms in total. The Hall–Kier alpha value is -2.46. The van der Waals surface area contributed by atoms with Crippen molar-refractivity contribution in [1.82, 2.24) is 0 Å². The van der Waals surface area contributed by atoms with Gasteiger partial charge in [0.25, 0.3) is 0 Å². The fraction of sp³-hybridized carbons (Fsp3) is 0.182. The largest absolute Gasteiger partial charge is 0.325 e. The first kappa shape index (κ1) is 17.4. The highest BCUT2D eigenvalue weighted by atomic mass is 15.1. The molecule has 0 aromatic heterocycles. The van der Waals surface area contributed by atoms with Crippen LogP contribution in [0.5, 0.6) is 0 Å². The average molecular weight is 331 g/mol. The second-order valence-electron chi connectivity index (χ2n) is 6.57. The number of hydrogen-bond acceptors (Lipinski definition) is 3. The fourth-order valence-electron chi connectivity index (χ4n) is 3.66. The molecule has 0 bridgehead atoms. The van der Waals surface area contributed by atoms with Crippen LogP contribution in [0.4, 0.5) is 0 Å². The number of rotatable bonds is 5. The Balaban J connectivity index is 2.45. The zero-order chi connectivity index (χ0) is 17.9. The van der Waals surface area contributed by atoms with E-state index in [1.165, 1.54) is 0 Å². The first-order valence-corrected chi connectivity index (χ1v) is 8.51. The molecule has 0 radical (unpaired) electrons. The molecule has 0 saturated heterocycles. The van der Waals surface area contributed by atoms with Gasteiger partial charge in [-0.05, 0) is 23.6 Å². The lowest BCUT2D eigenvalue weighted by Gasteiger charge is -2.49. The molecule has 3 aromatic rings. The first-order chi connectivity index (χ1) is 12.0. The summed E-state index contributed by atoms with van der Waals surface area (Å²) in [4.78, 5) is 0. The Morgan fingerprint density at radius 3 is 1.12 bits per heavy atom. The molecule has 6 N–H and O–H groups in total. The maximum atomic E-state index is 6.79. The van der Waals surface area contributed by atoms with Gasteiger partial charge in [0.1, 0.15) is 0 Å². The van der Waals surface area contributed by atoms with E-state index in [9.17, 15) is 0 Å². The van der Waals surface area contributed by atoms with Crippen LogP contribution in [0.15, 0.2) is 91.0 Å². The van der Waals surface area contributed by atoms with Gasteiger partial charge < -0.3 is 17.2 Å². The summed E-state index contributed by atoms with van der Waals surface area (Å²) in [6.45, 7) is 1.86. The maximum absolute atomic E-state index is 6.79. The molecule has 0 amide bonds. The second kappa shape index (κ2) is 6.81. The van der Waals surface area contributed by atoms with Gasteiger partial charge >= 0.3 is 0 Å². The summed E-state index contributed by atoms with van der Waals surface area (Å²) in [6, 6.07) is 30.0. The lowest BCUT2D eigenvalue weighted by Crippen LogP contribution is -2.73. The zero-order valence-corrected chi connectivity index (χ0v) is 14.5. The van der Waals surface area contributed by atoms with Crippen LogP contribution in [0, 0.1) is 0 Å². The van der Waals surface area contributed by atoms with Gasteiger partial charge in [-0.3, -0.25) is 0 Å². The highest BCUT2D eigenvalue weighted by molar-refractivity contribution is 5.54. The predicted octanol–water partition coefficient (Wildman–Crippen LogP) is 2.98. The minimum Gasteiger partial charge on any atom is -0.325 e. The van der Waals surface area contributed by atoms with E-state index in [2.05, 4.69) is 36.4 Å². The third-order valence-corrected chi connectivity index (χ3v) is 5.02. The monoisotopic (exact) mass is 331 g/mol. The minimum atomic E-state index is -1.20. The lowest BCUT2D eigenvalue weighted by molar-refractivity contribution is 0.264. The summed E-state index contributed by atoms with van der Waals surface area (Å²) < 4.78 is 0. The van der Waals surface area contributed by atoms with Crippen molar-refractivity contribution in [3.05, 3.63) is 108 Å². The van der Waals surface area contributed by atoms with Crippen LogP contribution in [0.2, 0.25) is 0 Å². The van der Waals surface area contributed by atoms with Gasteiger partial charge in [0, 0.05) is 6.04 Å². The maximum Gasteiger partial charge on any atom is 0.0972 e. The minimum absolute atomic E-state index is 0.437. The number of nitrogens with two attached hydrogens (primary N) is 3. The van der Waals surface area contributed by atoms with Crippen molar-refractivity contribution < 1.29 is 0 Å². The van der Waals surface area contributed by atoms with Gasteiger partial charge in [-0.15, -0.1) is 0 Å². The first-order valence-electron chi connectivity index (χ1n) is 8.51. The third-order valence-electron chi connectivity index (χ3n) is 5.02. The number of hydrogen-bond donors (Lipinski definition) is 3. The van der Waals surface area contributed by atoms with Crippen LogP contribution >= 0.6 is 0 Å². The summed E-state index contributed by atoms with van der Waals surface area (Å²) in [5.74, 6) is 0. The molecule has 3 aromatic carbocycles. The van der Waals surface area contributed by atoms with E-state index >= 15 is 0 Å². The Morgan fingerprint density at radius 2 is 0.880 bits per heavy atom. The standard InChI is InChI=1S/C22H25N3/c1-17(23)22(24,25)21(18-11-5-2-6-12-18,19-13-7-3-8-14-19)20-15-9-4-10-16-20/h2-17H,23-25H2,1H3.